The molecule has 1 fully saturated rings. The van der Waals surface area contributed by atoms with Crippen molar-refractivity contribution >= 4 is 5.97 Å². The molecular formula is C13H17NO3. The Morgan fingerprint density at radius 3 is 2.65 bits per heavy atom. The molecule has 0 spiro atoms. The maximum Gasteiger partial charge on any atom is 0.302 e. The Labute approximate surface area is 101 Å². The topological polar surface area (TPSA) is 49.5 Å². The molecule has 0 bridgehead atoms. The molecule has 1 heterocycles. The average molecular weight is 235 g/mol. The molecule has 1 saturated heterocycles. The summed E-state index contributed by atoms with van der Waals surface area (Å²) in [6.07, 6.45) is 0. The molecule has 4 heteroatoms. The average Bonchev–Trinajstić information content (AvgIpc) is 3.00. The van der Waals surface area contributed by atoms with Crippen LogP contribution in [0, 0.1) is 0 Å². The van der Waals surface area contributed by atoms with Gasteiger partial charge in [0.1, 0.15) is 6.61 Å². The van der Waals surface area contributed by atoms with Crippen LogP contribution in [0.3, 0.4) is 0 Å². The molecule has 92 valence electrons. The Morgan fingerprint density at radius 1 is 1.35 bits per heavy atom. The van der Waals surface area contributed by atoms with Gasteiger partial charge in [0.2, 0.25) is 0 Å². The van der Waals surface area contributed by atoms with Crippen LogP contribution in [0.1, 0.15) is 12.5 Å². The lowest BCUT2D eigenvalue weighted by Crippen LogP contribution is -2.11. The van der Waals surface area contributed by atoms with Gasteiger partial charge in [-0.1, -0.05) is 30.3 Å². The molecule has 4 nitrogen and oxygen atoms in total. The number of carbonyl (C=O) groups is 1. The fourth-order valence-corrected chi connectivity index (χ4v) is 2.06. The number of nitrogens with zero attached hydrogens (tertiary/aromatic N) is 1. The minimum absolute atomic E-state index is 0.110. The number of hydrogen-bond donors (Lipinski definition) is 1. The van der Waals surface area contributed by atoms with E-state index in [-0.39, 0.29) is 24.7 Å². The summed E-state index contributed by atoms with van der Waals surface area (Å²) in [6, 6.07) is 10.3. The van der Waals surface area contributed by atoms with Gasteiger partial charge < -0.3 is 9.84 Å². The molecule has 2 rings (SSSR count). The van der Waals surface area contributed by atoms with Crippen LogP contribution in [0.25, 0.3) is 0 Å². The normalized spacial score (nSPS) is 26.6. The van der Waals surface area contributed by atoms with E-state index in [0.29, 0.717) is 6.61 Å². The highest BCUT2D eigenvalue weighted by Crippen LogP contribution is 2.30. The van der Waals surface area contributed by atoms with E-state index in [2.05, 4.69) is 17.0 Å². The second kappa shape index (κ2) is 5.29. The first-order chi connectivity index (χ1) is 8.22. The van der Waals surface area contributed by atoms with E-state index in [4.69, 9.17) is 4.74 Å². The SMILES string of the molecule is CC(=O)OC[C@@H]1[C@H](CO)N1Cc1ccccc1. The predicted octanol–water partition coefficient (Wildman–Crippen LogP) is 0.795. The van der Waals surface area contributed by atoms with Crippen molar-refractivity contribution in [2.75, 3.05) is 13.2 Å². The number of hydrogen-bond acceptors (Lipinski definition) is 4. The molecule has 0 radical (unpaired) electrons. The monoisotopic (exact) mass is 235 g/mol. The van der Waals surface area contributed by atoms with Crippen molar-refractivity contribution in [1.29, 1.82) is 0 Å². The van der Waals surface area contributed by atoms with Gasteiger partial charge in [0.25, 0.3) is 0 Å². The Bertz CT molecular complexity index is 380. The van der Waals surface area contributed by atoms with E-state index in [1.165, 1.54) is 12.5 Å². The fourth-order valence-electron chi connectivity index (χ4n) is 2.06. The van der Waals surface area contributed by atoms with Crippen LogP contribution in [0.2, 0.25) is 0 Å². The summed E-state index contributed by atoms with van der Waals surface area (Å²) >= 11 is 0. The third kappa shape index (κ3) is 3.05. The lowest BCUT2D eigenvalue weighted by molar-refractivity contribution is -0.141. The van der Waals surface area contributed by atoms with Crippen LogP contribution in [-0.4, -0.2) is 41.3 Å². The van der Waals surface area contributed by atoms with Gasteiger partial charge in [0, 0.05) is 13.5 Å². The molecule has 3 atom stereocenters. The third-order valence-electron chi connectivity index (χ3n) is 3.06. The zero-order valence-electron chi connectivity index (χ0n) is 9.87. The van der Waals surface area contributed by atoms with E-state index in [1.807, 2.05) is 18.2 Å². The van der Waals surface area contributed by atoms with E-state index >= 15 is 0 Å². The van der Waals surface area contributed by atoms with Crippen molar-refractivity contribution in [2.24, 2.45) is 0 Å². The fraction of sp³-hybridized carbons (Fsp3) is 0.462. The number of aliphatic hydroxyl groups is 1. The van der Waals surface area contributed by atoms with Crippen molar-refractivity contribution in [1.82, 2.24) is 4.90 Å². The van der Waals surface area contributed by atoms with Crippen LogP contribution in [-0.2, 0) is 16.1 Å². The van der Waals surface area contributed by atoms with Gasteiger partial charge in [-0.25, -0.2) is 0 Å². The van der Waals surface area contributed by atoms with Crippen molar-refractivity contribution < 1.29 is 14.6 Å². The number of rotatable bonds is 5. The highest BCUT2D eigenvalue weighted by Gasteiger charge is 2.47. The van der Waals surface area contributed by atoms with Crippen molar-refractivity contribution in [3.63, 3.8) is 0 Å². The van der Waals surface area contributed by atoms with Gasteiger partial charge in [-0.05, 0) is 5.56 Å². The number of aliphatic hydroxyl groups excluding tert-OH is 1. The molecule has 1 unspecified atom stereocenters. The lowest BCUT2D eigenvalue weighted by atomic mass is 10.2. The molecule has 1 aromatic rings. The molecule has 1 aliphatic heterocycles. The van der Waals surface area contributed by atoms with Crippen LogP contribution in [0.5, 0.6) is 0 Å². The van der Waals surface area contributed by atoms with Gasteiger partial charge in [0.15, 0.2) is 0 Å². The Morgan fingerprint density at radius 2 is 2.06 bits per heavy atom. The van der Waals surface area contributed by atoms with Crippen LogP contribution >= 0.6 is 0 Å². The maximum absolute atomic E-state index is 10.7. The van der Waals surface area contributed by atoms with Crippen LogP contribution < -0.4 is 0 Å². The summed E-state index contributed by atoms with van der Waals surface area (Å²) < 4.78 is 4.97. The molecular weight excluding hydrogens is 218 g/mol. The first-order valence-corrected chi connectivity index (χ1v) is 5.76. The summed E-state index contributed by atoms with van der Waals surface area (Å²) in [5, 5.41) is 9.21. The van der Waals surface area contributed by atoms with Crippen LogP contribution in [0.15, 0.2) is 30.3 Å². The van der Waals surface area contributed by atoms with Gasteiger partial charge >= 0.3 is 5.97 Å². The Balaban J connectivity index is 1.87. The summed E-state index contributed by atoms with van der Waals surface area (Å²) in [6.45, 7) is 2.67. The summed E-state index contributed by atoms with van der Waals surface area (Å²) in [5.74, 6) is -0.270. The highest BCUT2D eigenvalue weighted by atomic mass is 16.5. The molecule has 1 aromatic carbocycles. The first-order valence-electron chi connectivity index (χ1n) is 5.76. The molecule has 17 heavy (non-hydrogen) atoms. The molecule has 0 saturated carbocycles. The molecule has 0 aromatic heterocycles. The zero-order valence-corrected chi connectivity index (χ0v) is 9.87. The summed E-state index contributed by atoms with van der Waals surface area (Å²) in [4.78, 5) is 12.9. The number of ether oxygens (including phenoxy) is 1. The van der Waals surface area contributed by atoms with Gasteiger partial charge in [-0.3, -0.25) is 9.69 Å². The van der Waals surface area contributed by atoms with Crippen LogP contribution in [0.4, 0.5) is 0 Å². The molecule has 0 amide bonds. The highest BCUT2D eigenvalue weighted by molar-refractivity contribution is 5.65. The minimum Gasteiger partial charge on any atom is -0.464 e. The van der Waals surface area contributed by atoms with Gasteiger partial charge in [-0.15, -0.1) is 0 Å². The zero-order chi connectivity index (χ0) is 12.3. The molecule has 1 aliphatic rings. The third-order valence-corrected chi connectivity index (χ3v) is 3.06. The number of carbonyl (C=O) groups excluding carboxylic acids is 1. The quantitative estimate of drug-likeness (QED) is 0.605. The second-order valence-corrected chi connectivity index (χ2v) is 4.28. The second-order valence-electron chi connectivity index (χ2n) is 4.28. The Kier molecular flexibility index (Phi) is 3.76. The largest absolute Gasteiger partial charge is 0.464 e. The summed E-state index contributed by atoms with van der Waals surface area (Å²) in [7, 11) is 0. The first kappa shape index (κ1) is 12.1. The van der Waals surface area contributed by atoms with Gasteiger partial charge in [0.05, 0.1) is 18.7 Å². The van der Waals surface area contributed by atoms with Crippen molar-refractivity contribution in [3.8, 4) is 0 Å². The van der Waals surface area contributed by atoms with Crippen molar-refractivity contribution in [3.05, 3.63) is 35.9 Å². The lowest BCUT2D eigenvalue weighted by Gasteiger charge is -2.04. The molecule has 1 N–H and O–H groups in total. The Hall–Kier alpha value is -1.39. The summed E-state index contributed by atoms with van der Waals surface area (Å²) in [5.41, 5.74) is 1.20. The number of esters is 1. The smallest absolute Gasteiger partial charge is 0.302 e. The van der Waals surface area contributed by atoms with E-state index < -0.39 is 0 Å². The van der Waals surface area contributed by atoms with E-state index in [9.17, 15) is 9.90 Å². The minimum atomic E-state index is -0.270. The number of benzene rings is 1. The standard InChI is InChI=1S/C13H17NO3/c1-10(16)17-9-13-12(8-15)14(13)7-11-5-3-2-4-6-11/h2-6,12-13,15H,7-9H2,1H3/t12-,13+,14?/m0/s1. The van der Waals surface area contributed by atoms with Gasteiger partial charge in [-0.2, -0.15) is 0 Å². The maximum atomic E-state index is 10.7. The van der Waals surface area contributed by atoms with E-state index in [0.717, 1.165) is 6.54 Å². The van der Waals surface area contributed by atoms with E-state index in [1.54, 1.807) is 0 Å². The predicted molar refractivity (Wildman–Crippen MR) is 63.3 cm³/mol. The molecule has 0 aliphatic carbocycles. The van der Waals surface area contributed by atoms with Crippen molar-refractivity contribution in [2.45, 2.75) is 25.6 Å².